The fourth-order valence-corrected chi connectivity index (χ4v) is 4.98. The maximum absolute atomic E-state index is 14.0. The fraction of sp³-hybridized carbons (Fsp3) is 0.409. The van der Waals surface area contributed by atoms with Gasteiger partial charge in [0.05, 0.1) is 24.3 Å². The number of fused-ring (bicyclic) bond motifs is 1. The van der Waals surface area contributed by atoms with Crippen LogP contribution in [0.2, 0.25) is 0 Å². The molecule has 1 aliphatic carbocycles. The minimum Gasteiger partial charge on any atom is -0.488 e. The summed E-state index contributed by atoms with van der Waals surface area (Å²) >= 11 is 1.23. The van der Waals surface area contributed by atoms with Crippen molar-refractivity contribution in [2.45, 2.75) is 45.3 Å². The van der Waals surface area contributed by atoms with E-state index in [-0.39, 0.29) is 12.0 Å². The molecule has 0 radical (unpaired) electrons. The number of aliphatic hydroxyl groups is 1. The van der Waals surface area contributed by atoms with E-state index in [1.807, 2.05) is 13.8 Å². The van der Waals surface area contributed by atoms with E-state index in [0.717, 1.165) is 19.3 Å². The van der Waals surface area contributed by atoms with E-state index in [1.54, 1.807) is 6.07 Å². The Morgan fingerprint density at radius 1 is 1.32 bits per heavy atom. The zero-order valence-electron chi connectivity index (χ0n) is 17.5. The van der Waals surface area contributed by atoms with Gasteiger partial charge in [0.15, 0.2) is 0 Å². The Bertz CT molecular complexity index is 1120. The Hall–Kier alpha value is -2.78. The molecule has 3 atom stereocenters. The zero-order valence-corrected chi connectivity index (χ0v) is 18.3. The van der Waals surface area contributed by atoms with Crippen molar-refractivity contribution in [1.82, 2.24) is 9.97 Å². The number of hydrogen-bond donors (Lipinski definition) is 2. The number of benzene rings is 1. The summed E-state index contributed by atoms with van der Waals surface area (Å²) in [5.41, 5.74) is 1.25. The maximum atomic E-state index is 14.0. The maximum Gasteiger partial charge on any atom is 0.348 e. The van der Waals surface area contributed by atoms with Crippen molar-refractivity contribution in [2.24, 2.45) is 5.92 Å². The monoisotopic (exact) mass is 445 g/mol. The van der Waals surface area contributed by atoms with E-state index < -0.39 is 17.9 Å². The molecule has 3 aromatic rings. The van der Waals surface area contributed by atoms with Gasteiger partial charge in [0, 0.05) is 12.0 Å². The highest BCUT2D eigenvalue weighted by Crippen LogP contribution is 2.38. The third kappa shape index (κ3) is 4.20. The lowest BCUT2D eigenvalue weighted by Gasteiger charge is -2.33. The molecule has 1 aliphatic rings. The van der Waals surface area contributed by atoms with Gasteiger partial charge in [-0.25, -0.2) is 19.2 Å². The van der Waals surface area contributed by atoms with Crippen LogP contribution >= 0.6 is 11.3 Å². The molecule has 0 saturated heterocycles. The number of aryl methyl sites for hydroxylation is 1. The summed E-state index contributed by atoms with van der Waals surface area (Å²) in [4.78, 5) is 21.8. The van der Waals surface area contributed by atoms with Gasteiger partial charge in [-0.15, -0.1) is 11.3 Å². The van der Waals surface area contributed by atoms with Crippen LogP contribution < -0.4 is 10.1 Å². The molecule has 4 rings (SSSR count). The Morgan fingerprint density at radius 3 is 2.90 bits per heavy atom. The number of aliphatic hydroxyl groups excluding tert-OH is 1. The van der Waals surface area contributed by atoms with E-state index in [0.29, 0.717) is 37.9 Å². The number of aromatic nitrogens is 2. The summed E-state index contributed by atoms with van der Waals surface area (Å²) in [6.45, 7) is 3.75. The van der Waals surface area contributed by atoms with Crippen molar-refractivity contribution < 1.29 is 23.8 Å². The summed E-state index contributed by atoms with van der Waals surface area (Å²) in [7, 11) is 1.34. The number of rotatable bonds is 5. The third-order valence-electron chi connectivity index (χ3n) is 5.75. The van der Waals surface area contributed by atoms with Crippen molar-refractivity contribution in [3.8, 4) is 5.75 Å². The topological polar surface area (TPSA) is 93.6 Å². The highest BCUT2D eigenvalue weighted by atomic mass is 32.1. The molecule has 7 nitrogen and oxygen atoms in total. The standard InChI is InChI=1S/C22H24FN3O4S/c1-11-15(27)5-4-6-16(11)30-17-9-13(23)7-8-14(17)26-20-18-12(2)19(22(28)29-3)31-21(18)25-10-24-20/h7-11,15-16,27H,4-6H2,1-3H3,(H,24,25,26)/t11?,15-,16?/m1/s1. The molecule has 2 N–H and O–H groups in total. The smallest absolute Gasteiger partial charge is 0.348 e. The summed E-state index contributed by atoms with van der Waals surface area (Å²) in [6.07, 6.45) is 3.14. The first-order valence-electron chi connectivity index (χ1n) is 10.1. The number of halogens is 1. The lowest BCUT2D eigenvalue weighted by molar-refractivity contribution is -0.00138. The lowest BCUT2D eigenvalue weighted by atomic mass is 9.85. The summed E-state index contributed by atoms with van der Waals surface area (Å²) in [5, 5.41) is 14.1. The van der Waals surface area contributed by atoms with Crippen LogP contribution in [0.5, 0.6) is 5.75 Å². The van der Waals surface area contributed by atoms with E-state index in [1.165, 1.54) is 36.9 Å². The number of anilines is 2. The van der Waals surface area contributed by atoms with Gasteiger partial charge in [-0.1, -0.05) is 6.92 Å². The molecule has 1 aromatic carbocycles. The van der Waals surface area contributed by atoms with Crippen molar-refractivity contribution in [3.63, 3.8) is 0 Å². The SMILES string of the molecule is COC(=O)c1sc2ncnc(Nc3ccc(F)cc3OC3CCC[C@@H](O)C3C)c2c1C. The minimum absolute atomic E-state index is 0.0580. The van der Waals surface area contributed by atoms with Crippen LogP contribution in [0.15, 0.2) is 24.5 Å². The van der Waals surface area contributed by atoms with Gasteiger partial charge < -0.3 is 19.9 Å². The number of hydrogen-bond acceptors (Lipinski definition) is 8. The first kappa shape index (κ1) is 21.5. The van der Waals surface area contributed by atoms with E-state index >= 15 is 0 Å². The lowest BCUT2D eigenvalue weighted by Crippen LogP contribution is -2.37. The average molecular weight is 446 g/mol. The molecule has 9 heteroatoms. The van der Waals surface area contributed by atoms with Crippen LogP contribution in [0.4, 0.5) is 15.9 Å². The largest absolute Gasteiger partial charge is 0.488 e. The average Bonchev–Trinajstić information content (AvgIpc) is 3.10. The van der Waals surface area contributed by atoms with Gasteiger partial charge in [0.25, 0.3) is 0 Å². The number of nitrogens with one attached hydrogen (secondary N) is 1. The molecular weight excluding hydrogens is 421 g/mol. The molecule has 0 amide bonds. The molecule has 2 heterocycles. The predicted molar refractivity (Wildman–Crippen MR) is 117 cm³/mol. The molecule has 2 unspecified atom stereocenters. The first-order valence-corrected chi connectivity index (χ1v) is 10.9. The summed E-state index contributed by atoms with van der Waals surface area (Å²) in [6, 6.07) is 4.26. The molecule has 2 aromatic heterocycles. The van der Waals surface area contributed by atoms with Crippen LogP contribution in [0.1, 0.15) is 41.4 Å². The van der Waals surface area contributed by atoms with Crippen LogP contribution in [0.3, 0.4) is 0 Å². The number of nitrogens with zero attached hydrogens (tertiary/aromatic N) is 2. The second-order valence-corrected chi connectivity index (χ2v) is 8.73. The number of methoxy groups -OCH3 is 1. The Balaban J connectivity index is 1.69. The number of esters is 1. The van der Waals surface area contributed by atoms with E-state index in [9.17, 15) is 14.3 Å². The van der Waals surface area contributed by atoms with Gasteiger partial charge in [0.2, 0.25) is 0 Å². The summed E-state index contributed by atoms with van der Waals surface area (Å²) in [5.74, 6) is -0.0718. The van der Waals surface area contributed by atoms with Gasteiger partial charge in [0.1, 0.15) is 39.5 Å². The quantitative estimate of drug-likeness (QED) is 0.555. The first-order chi connectivity index (χ1) is 14.9. The summed E-state index contributed by atoms with van der Waals surface area (Å²) < 4.78 is 25.0. The highest BCUT2D eigenvalue weighted by Gasteiger charge is 2.31. The Kier molecular flexibility index (Phi) is 6.06. The van der Waals surface area contributed by atoms with E-state index in [2.05, 4.69) is 15.3 Å². The van der Waals surface area contributed by atoms with Gasteiger partial charge in [-0.05, 0) is 43.9 Å². The van der Waals surface area contributed by atoms with Crippen LogP contribution in [0.25, 0.3) is 10.2 Å². The molecule has 0 bridgehead atoms. The van der Waals surface area contributed by atoms with Crippen LogP contribution in [0, 0.1) is 18.7 Å². The number of carbonyl (C=O) groups is 1. The zero-order chi connectivity index (χ0) is 22.1. The van der Waals surface area contributed by atoms with Crippen molar-refractivity contribution in [2.75, 3.05) is 12.4 Å². The number of carbonyl (C=O) groups excluding carboxylic acids is 1. The molecule has 0 spiro atoms. The molecule has 1 fully saturated rings. The van der Waals surface area contributed by atoms with Crippen molar-refractivity contribution >= 4 is 39.0 Å². The molecular formula is C22H24FN3O4S. The predicted octanol–water partition coefficient (Wildman–Crippen LogP) is 4.60. The third-order valence-corrected chi connectivity index (χ3v) is 6.93. The van der Waals surface area contributed by atoms with E-state index in [4.69, 9.17) is 9.47 Å². The minimum atomic E-state index is -0.435. The second-order valence-electron chi connectivity index (χ2n) is 7.73. The molecule has 164 valence electrons. The van der Waals surface area contributed by atoms with Gasteiger partial charge in [-0.3, -0.25) is 0 Å². The van der Waals surface area contributed by atoms with Crippen molar-refractivity contribution in [3.05, 3.63) is 40.8 Å². The second kappa shape index (κ2) is 8.76. The normalized spacial score (nSPS) is 21.1. The molecule has 31 heavy (non-hydrogen) atoms. The Morgan fingerprint density at radius 2 is 2.13 bits per heavy atom. The highest BCUT2D eigenvalue weighted by molar-refractivity contribution is 7.20. The Labute approximate surface area is 183 Å². The van der Waals surface area contributed by atoms with Crippen LogP contribution in [-0.4, -0.2) is 40.4 Å². The van der Waals surface area contributed by atoms with Crippen LogP contribution in [-0.2, 0) is 4.74 Å². The van der Waals surface area contributed by atoms with Gasteiger partial charge in [-0.2, -0.15) is 0 Å². The number of thiophene rings is 1. The molecule has 1 saturated carbocycles. The number of ether oxygens (including phenoxy) is 2. The molecule has 0 aliphatic heterocycles. The van der Waals surface area contributed by atoms with Gasteiger partial charge >= 0.3 is 5.97 Å². The van der Waals surface area contributed by atoms with Crippen molar-refractivity contribution in [1.29, 1.82) is 0 Å². The fourth-order valence-electron chi connectivity index (χ4n) is 3.91.